The van der Waals surface area contributed by atoms with Crippen molar-refractivity contribution in [3.63, 3.8) is 0 Å². The van der Waals surface area contributed by atoms with E-state index in [1.807, 2.05) is 36.4 Å². The Labute approximate surface area is 147 Å². The normalized spacial score (nSPS) is 12.1. The van der Waals surface area contributed by atoms with Crippen molar-refractivity contribution in [1.82, 2.24) is 5.43 Å². The largest absolute Gasteiger partial charge is 0.483 e. The lowest BCUT2D eigenvalue weighted by Gasteiger charge is -2.15. The van der Waals surface area contributed by atoms with Crippen LogP contribution in [0.4, 0.5) is 0 Å². The van der Waals surface area contributed by atoms with E-state index in [4.69, 9.17) is 16.3 Å². The highest BCUT2D eigenvalue weighted by Gasteiger charge is 2.10. The molecule has 0 aliphatic carbocycles. The molecule has 1 unspecified atom stereocenters. The van der Waals surface area contributed by atoms with Crippen molar-refractivity contribution in [3.8, 4) is 5.75 Å². The zero-order valence-electron chi connectivity index (χ0n) is 13.8. The molecule has 0 bridgehead atoms. The van der Waals surface area contributed by atoms with Gasteiger partial charge in [-0.15, -0.1) is 0 Å². The Morgan fingerprint density at radius 2 is 2.08 bits per heavy atom. The highest BCUT2D eigenvalue weighted by atomic mass is 35.5. The molecule has 0 radical (unpaired) electrons. The molecule has 4 nitrogen and oxygen atoms in total. The van der Waals surface area contributed by atoms with Gasteiger partial charge in [-0.1, -0.05) is 55.8 Å². The van der Waals surface area contributed by atoms with Crippen molar-refractivity contribution in [2.75, 3.05) is 6.61 Å². The fourth-order valence-corrected chi connectivity index (χ4v) is 2.38. The van der Waals surface area contributed by atoms with E-state index in [9.17, 15) is 4.79 Å². The van der Waals surface area contributed by atoms with E-state index in [0.717, 1.165) is 23.3 Å². The monoisotopic (exact) mass is 344 g/mol. The van der Waals surface area contributed by atoms with Crippen molar-refractivity contribution in [3.05, 3.63) is 64.7 Å². The molecule has 0 aliphatic heterocycles. The minimum Gasteiger partial charge on any atom is -0.483 e. The number of hydrazone groups is 1. The van der Waals surface area contributed by atoms with Crippen LogP contribution in [0.15, 0.2) is 53.6 Å². The van der Waals surface area contributed by atoms with Crippen LogP contribution in [0.5, 0.6) is 5.75 Å². The summed E-state index contributed by atoms with van der Waals surface area (Å²) in [7, 11) is 0. The van der Waals surface area contributed by atoms with Gasteiger partial charge in [-0.05, 0) is 41.7 Å². The fourth-order valence-electron chi connectivity index (χ4n) is 2.18. The van der Waals surface area contributed by atoms with Crippen molar-refractivity contribution in [2.45, 2.75) is 26.2 Å². The molecule has 0 aliphatic rings. The van der Waals surface area contributed by atoms with Crippen LogP contribution in [0, 0.1) is 0 Å². The van der Waals surface area contributed by atoms with Crippen LogP contribution in [-0.2, 0) is 4.79 Å². The summed E-state index contributed by atoms with van der Waals surface area (Å²) in [4.78, 5) is 11.8. The summed E-state index contributed by atoms with van der Waals surface area (Å²) in [5.74, 6) is 0.804. The average molecular weight is 345 g/mol. The number of amides is 1. The third-order valence-corrected chi connectivity index (χ3v) is 3.91. The molecular weight excluding hydrogens is 324 g/mol. The second-order valence-electron chi connectivity index (χ2n) is 5.48. The molecule has 126 valence electrons. The Balaban J connectivity index is 1.88. The van der Waals surface area contributed by atoms with Crippen molar-refractivity contribution >= 4 is 23.7 Å². The lowest BCUT2D eigenvalue weighted by Crippen LogP contribution is -2.24. The lowest BCUT2D eigenvalue weighted by molar-refractivity contribution is -0.123. The predicted octanol–water partition coefficient (Wildman–Crippen LogP) is 4.38. The van der Waals surface area contributed by atoms with E-state index in [2.05, 4.69) is 24.4 Å². The molecule has 0 aromatic heterocycles. The molecule has 0 saturated carbocycles. The van der Waals surface area contributed by atoms with E-state index >= 15 is 0 Å². The van der Waals surface area contributed by atoms with Crippen molar-refractivity contribution in [2.24, 2.45) is 5.10 Å². The highest BCUT2D eigenvalue weighted by molar-refractivity contribution is 6.30. The van der Waals surface area contributed by atoms with Crippen molar-refractivity contribution < 1.29 is 9.53 Å². The Bertz CT molecular complexity index is 716. The maximum Gasteiger partial charge on any atom is 0.277 e. The summed E-state index contributed by atoms with van der Waals surface area (Å²) >= 11 is 5.89. The van der Waals surface area contributed by atoms with Crippen LogP contribution in [0.1, 0.15) is 37.3 Å². The van der Waals surface area contributed by atoms with Gasteiger partial charge in [0.15, 0.2) is 6.61 Å². The van der Waals surface area contributed by atoms with E-state index in [1.165, 1.54) is 6.21 Å². The molecule has 24 heavy (non-hydrogen) atoms. The third-order valence-electron chi connectivity index (χ3n) is 3.67. The number of rotatable bonds is 7. The maximum absolute atomic E-state index is 11.8. The van der Waals surface area contributed by atoms with Crippen LogP contribution >= 0.6 is 11.6 Å². The average Bonchev–Trinajstić information content (AvgIpc) is 2.59. The van der Waals surface area contributed by atoms with Crippen LogP contribution in [0.25, 0.3) is 0 Å². The van der Waals surface area contributed by atoms with Gasteiger partial charge in [0.25, 0.3) is 5.91 Å². The first kappa shape index (κ1) is 18.0. The van der Waals surface area contributed by atoms with Gasteiger partial charge in [-0.25, -0.2) is 5.43 Å². The molecular formula is C19H21ClN2O2. The molecule has 1 amide bonds. The Morgan fingerprint density at radius 1 is 1.29 bits per heavy atom. The molecule has 0 spiro atoms. The molecule has 5 heteroatoms. The molecule has 2 aromatic rings. The number of carbonyl (C=O) groups is 1. The SMILES string of the molecule is CCC(C)c1ccccc1OCC(=O)NN=Cc1cccc(Cl)c1. The fraction of sp³-hybridized carbons (Fsp3) is 0.263. The predicted molar refractivity (Wildman–Crippen MR) is 97.8 cm³/mol. The lowest BCUT2D eigenvalue weighted by atomic mass is 9.98. The number of benzene rings is 2. The van der Waals surface area contributed by atoms with E-state index in [0.29, 0.717) is 10.9 Å². The first-order chi connectivity index (χ1) is 11.6. The van der Waals surface area contributed by atoms with Gasteiger partial charge < -0.3 is 4.74 Å². The molecule has 2 rings (SSSR count). The Hall–Kier alpha value is -2.33. The number of ether oxygens (including phenoxy) is 1. The van der Waals surface area contributed by atoms with Crippen molar-refractivity contribution in [1.29, 1.82) is 0 Å². The quantitative estimate of drug-likeness (QED) is 0.598. The maximum atomic E-state index is 11.8. The van der Waals surface area contributed by atoms with Gasteiger partial charge in [-0.2, -0.15) is 5.10 Å². The number of carbonyl (C=O) groups excluding carboxylic acids is 1. The number of hydrogen-bond acceptors (Lipinski definition) is 3. The summed E-state index contributed by atoms with van der Waals surface area (Å²) in [6.45, 7) is 4.18. The van der Waals surface area contributed by atoms with Gasteiger partial charge in [0.05, 0.1) is 6.21 Å². The molecule has 1 N–H and O–H groups in total. The summed E-state index contributed by atoms with van der Waals surface area (Å²) in [6.07, 6.45) is 2.55. The zero-order valence-corrected chi connectivity index (χ0v) is 14.6. The topological polar surface area (TPSA) is 50.7 Å². The van der Waals surface area contributed by atoms with Crippen LogP contribution in [0.2, 0.25) is 5.02 Å². The second-order valence-corrected chi connectivity index (χ2v) is 5.92. The molecule has 2 aromatic carbocycles. The van der Waals surface area contributed by atoms with Gasteiger partial charge in [0, 0.05) is 5.02 Å². The standard InChI is InChI=1S/C19H21ClN2O2/c1-3-14(2)17-9-4-5-10-18(17)24-13-19(23)22-21-12-15-7-6-8-16(20)11-15/h4-12,14H,3,13H2,1-2H3,(H,22,23). The van der Waals surface area contributed by atoms with E-state index in [1.54, 1.807) is 12.1 Å². The highest BCUT2D eigenvalue weighted by Crippen LogP contribution is 2.28. The Kier molecular flexibility index (Phi) is 6.82. The van der Waals surface area contributed by atoms with Gasteiger partial charge in [0.1, 0.15) is 5.75 Å². The number of hydrogen-bond donors (Lipinski definition) is 1. The minimum atomic E-state index is -0.313. The van der Waals surface area contributed by atoms with Gasteiger partial charge in [0.2, 0.25) is 0 Å². The van der Waals surface area contributed by atoms with Gasteiger partial charge >= 0.3 is 0 Å². The summed E-state index contributed by atoms with van der Waals surface area (Å²) in [5, 5.41) is 4.53. The number of nitrogens with zero attached hydrogens (tertiary/aromatic N) is 1. The van der Waals surface area contributed by atoms with E-state index < -0.39 is 0 Å². The van der Waals surface area contributed by atoms with Crippen LogP contribution in [-0.4, -0.2) is 18.7 Å². The molecule has 1 atom stereocenters. The molecule has 0 fully saturated rings. The minimum absolute atomic E-state index is 0.0830. The number of nitrogens with one attached hydrogen (secondary N) is 1. The molecule has 0 saturated heterocycles. The third kappa shape index (κ3) is 5.39. The van der Waals surface area contributed by atoms with Crippen LogP contribution < -0.4 is 10.2 Å². The zero-order chi connectivity index (χ0) is 17.4. The first-order valence-electron chi connectivity index (χ1n) is 7.89. The summed E-state index contributed by atoms with van der Waals surface area (Å²) < 4.78 is 5.64. The van der Waals surface area contributed by atoms with E-state index in [-0.39, 0.29) is 12.5 Å². The summed E-state index contributed by atoms with van der Waals surface area (Å²) in [6, 6.07) is 15.0. The second kappa shape index (κ2) is 9.08. The number of halogens is 1. The van der Waals surface area contributed by atoms with Crippen LogP contribution in [0.3, 0.4) is 0 Å². The smallest absolute Gasteiger partial charge is 0.277 e. The first-order valence-corrected chi connectivity index (χ1v) is 8.27. The van der Waals surface area contributed by atoms with Gasteiger partial charge in [-0.3, -0.25) is 4.79 Å². The number of para-hydroxylation sites is 1. The summed E-state index contributed by atoms with van der Waals surface area (Å²) in [5.41, 5.74) is 4.36. The Morgan fingerprint density at radius 3 is 2.83 bits per heavy atom. The molecule has 0 heterocycles.